The molecule has 2 aliphatic heterocycles. The lowest BCUT2D eigenvalue weighted by Crippen LogP contribution is -2.40. The maximum absolute atomic E-state index is 13.1. The molecule has 1 N–H and O–H groups in total. The number of hydrogen-bond donors (Lipinski definition) is 1. The van der Waals surface area contributed by atoms with Crippen LogP contribution in [0.25, 0.3) is 0 Å². The molecule has 2 amide bonds. The number of benzene rings is 2. The van der Waals surface area contributed by atoms with Crippen molar-refractivity contribution in [1.82, 2.24) is 9.62 Å². The van der Waals surface area contributed by atoms with Crippen LogP contribution in [0, 0.1) is 11.7 Å². The fourth-order valence-electron chi connectivity index (χ4n) is 3.43. The summed E-state index contributed by atoms with van der Waals surface area (Å²) in [6.07, 6.45) is 1.78. The quantitative estimate of drug-likeness (QED) is 0.591. The lowest BCUT2D eigenvalue weighted by Gasteiger charge is -2.29. The lowest BCUT2D eigenvalue weighted by molar-refractivity contribution is -0.136. The SMILES string of the molecule is CC1=C2C=C(C(=O)NCc3ccccc3)SN2C(=O)C(Cc2ccc(F)cc2)C1=O. The second kappa shape index (κ2) is 8.28. The second-order valence-corrected chi connectivity index (χ2v) is 8.15. The first-order valence-corrected chi connectivity index (χ1v) is 10.3. The normalized spacial score (nSPS) is 18.4. The van der Waals surface area contributed by atoms with Crippen molar-refractivity contribution in [2.24, 2.45) is 5.92 Å². The topological polar surface area (TPSA) is 66.5 Å². The van der Waals surface area contributed by atoms with Crippen LogP contribution in [-0.2, 0) is 27.3 Å². The largest absolute Gasteiger partial charge is 0.347 e. The number of hydrogen-bond acceptors (Lipinski definition) is 4. The van der Waals surface area contributed by atoms with E-state index in [9.17, 15) is 18.8 Å². The van der Waals surface area contributed by atoms with Gasteiger partial charge in [0.15, 0.2) is 5.78 Å². The Balaban J connectivity index is 1.48. The Morgan fingerprint density at radius 1 is 1.07 bits per heavy atom. The number of carbonyl (C=O) groups is 3. The molecule has 4 rings (SSSR count). The standard InChI is InChI=1S/C23H19FN2O3S/c1-14-19-12-20(22(28)25-13-16-5-3-2-4-6-16)30-26(19)23(29)18(21(14)27)11-15-7-9-17(24)10-8-15/h2-10,12,18H,11,13H2,1H3,(H,25,28). The minimum Gasteiger partial charge on any atom is -0.347 e. The molecule has 0 aromatic heterocycles. The minimum atomic E-state index is -0.883. The summed E-state index contributed by atoms with van der Waals surface area (Å²) in [5.74, 6) is -2.18. The molecule has 2 aromatic carbocycles. The van der Waals surface area contributed by atoms with Gasteiger partial charge in [0.1, 0.15) is 11.7 Å². The summed E-state index contributed by atoms with van der Waals surface area (Å²) in [6.45, 7) is 2.03. The number of nitrogens with zero attached hydrogens (tertiary/aromatic N) is 1. The molecule has 0 fully saturated rings. The van der Waals surface area contributed by atoms with E-state index in [2.05, 4.69) is 5.32 Å². The van der Waals surface area contributed by atoms with Gasteiger partial charge in [-0.05, 0) is 42.7 Å². The molecule has 0 saturated heterocycles. The van der Waals surface area contributed by atoms with Crippen molar-refractivity contribution in [3.8, 4) is 0 Å². The van der Waals surface area contributed by atoms with Crippen LogP contribution in [0.3, 0.4) is 0 Å². The van der Waals surface area contributed by atoms with Gasteiger partial charge in [0, 0.05) is 24.1 Å². The van der Waals surface area contributed by atoms with Crippen LogP contribution in [0.4, 0.5) is 4.39 Å². The molecule has 0 radical (unpaired) electrons. The van der Waals surface area contributed by atoms with Crippen molar-refractivity contribution in [2.75, 3.05) is 0 Å². The molecule has 1 atom stereocenters. The smallest absolute Gasteiger partial charge is 0.259 e. The zero-order chi connectivity index (χ0) is 21.3. The average Bonchev–Trinajstić information content (AvgIpc) is 3.21. The van der Waals surface area contributed by atoms with E-state index < -0.39 is 5.92 Å². The van der Waals surface area contributed by atoms with Crippen LogP contribution in [-0.4, -0.2) is 21.9 Å². The number of carbonyl (C=O) groups excluding carboxylic acids is 3. The van der Waals surface area contributed by atoms with Crippen LogP contribution in [0.1, 0.15) is 18.1 Å². The van der Waals surface area contributed by atoms with E-state index in [-0.39, 0.29) is 29.8 Å². The number of halogens is 1. The minimum absolute atomic E-state index is 0.190. The third-order valence-electron chi connectivity index (χ3n) is 5.12. The molecule has 152 valence electrons. The van der Waals surface area contributed by atoms with Gasteiger partial charge >= 0.3 is 0 Å². The van der Waals surface area contributed by atoms with Gasteiger partial charge in [0.2, 0.25) is 5.91 Å². The van der Waals surface area contributed by atoms with Gasteiger partial charge in [-0.1, -0.05) is 42.5 Å². The number of rotatable bonds is 5. The lowest BCUT2D eigenvalue weighted by atomic mass is 9.87. The van der Waals surface area contributed by atoms with E-state index in [4.69, 9.17) is 0 Å². The van der Waals surface area contributed by atoms with Crippen molar-refractivity contribution in [1.29, 1.82) is 0 Å². The maximum atomic E-state index is 13.1. The van der Waals surface area contributed by atoms with E-state index in [1.807, 2.05) is 30.3 Å². The van der Waals surface area contributed by atoms with Gasteiger partial charge in [-0.2, -0.15) is 0 Å². The Morgan fingerprint density at radius 2 is 1.77 bits per heavy atom. The number of Topliss-reactive ketones (excluding diaryl/α,β-unsaturated/α-hetero) is 1. The monoisotopic (exact) mass is 422 g/mol. The molecule has 2 aromatic rings. The van der Waals surface area contributed by atoms with Gasteiger partial charge in [-0.15, -0.1) is 0 Å². The van der Waals surface area contributed by atoms with Crippen LogP contribution in [0.15, 0.2) is 76.8 Å². The summed E-state index contributed by atoms with van der Waals surface area (Å²) in [4.78, 5) is 38.8. The highest BCUT2D eigenvalue weighted by molar-refractivity contribution is 8.02. The van der Waals surface area contributed by atoms with Crippen molar-refractivity contribution in [2.45, 2.75) is 19.9 Å². The van der Waals surface area contributed by atoms with Crippen molar-refractivity contribution in [3.63, 3.8) is 0 Å². The summed E-state index contributed by atoms with van der Waals surface area (Å²) in [5.41, 5.74) is 2.57. The maximum Gasteiger partial charge on any atom is 0.259 e. The summed E-state index contributed by atoms with van der Waals surface area (Å²) in [5, 5.41) is 2.84. The van der Waals surface area contributed by atoms with Crippen molar-refractivity contribution in [3.05, 3.63) is 93.8 Å². The average molecular weight is 422 g/mol. The third kappa shape index (κ3) is 3.93. The molecule has 30 heavy (non-hydrogen) atoms. The number of nitrogens with one attached hydrogen (secondary N) is 1. The molecular formula is C23H19FN2O3S. The fraction of sp³-hybridized carbons (Fsp3) is 0.174. The number of amides is 2. The predicted octanol–water partition coefficient (Wildman–Crippen LogP) is 3.53. The fourth-order valence-corrected chi connectivity index (χ4v) is 4.45. The summed E-state index contributed by atoms with van der Waals surface area (Å²) >= 11 is 1.03. The zero-order valence-corrected chi connectivity index (χ0v) is 17.0. The Bertz CT molecular complexity index is 1080. The molecule has 7 heteroatoms. The molecule has 0 bridgehead atoms. The Morgan fingerprint density at radius 3 is 2.47 bits per heavy atom. The van der Waals surface area contributed by atoms with Gasteiger partial charge in [0.25, 0.3) is 5.91 Å². The molecule has 0 saturated carbocycles. The van der Waals surface area contributed by atoms with Gasteiger partial charge in [-0.25, -0.2) is 8.70 Å². The van der Waals surface area contributed by atoms with Crippen LogP contribution in [0.2, 0.25) is 0 Å². The van der Waals surface area contributed by atoms with Gasteiger partial charge in [-0.3, -0.25) is 14.4 Å². The first-order chi connectivity index (χ1) is 14.4. The third-order valence-corrected chi connectivity index (χ3v) is 6.18. The highest BCUT2D eigenvalue weighted by Crippen LogP contribution is 2.41. The van der Waals surface area contributed by atoms with Crippen molar-refractivity contribution >= 4 is 29.5 Å². The van der Waals surface area contributed by atoms with E-state index in [0.29, 0.717) is 28.3 Å². The highest BCUT2D eigenvalue weighted by Gasteiger charge is 2.43. The van der Waals surface area contributed by atoms with Crippen molar-refractivity contribution < 1.29 is 18.8 Å². The molecule has 2 heterocycles. The molecule has 1 unspecified atom stereocenters. The molecule has 0 spiro atoms. The Hall–Kier alpha value is -3.19. The molecule has 2 aliphatic rings. The molecule has 5 nitrogen and oxygen atoms in total. The number of ketones is 1. The van der Waals surface area contributed by atoms with Crippen LogP contribution >= 0.6 is 11.9 Å². The Kier molecular flexibility index (Phi) is 5.55. The first-order valence-electron chi connectivity index (χ1n) is 9.49. The van der Waals surface area contributed by atoms with E-state index in [0.717, 1.165) is 17.5 Å². The Labute approximate surface area is 177 Å². The summed E-state index contributed by atoms with van der Waals surface area (Å²) in [7, 11) is 0. The summed E-state index contributed by atoms with van der Waals surface area (Å²) < 4.78 is 14.6. The second-order valence-electron chi connectivity index (χ2n) is 7.16. The molecule has 0 aliphatic carbocycles. The summed E-state index contributed by atoms with van der Waals surface area (Å²) in [6, 6.07) is 15.3. The van der Waals surface area contributed by atoms with Gasteiger partial charge < -0.3 is 5.32 Å². The first kappa shape index (κ1) is 20.1. The number of fused-ring (bicyclic) bond motifs is 1. The van der Waals surface area contributed by atoms with Crippen LogP contribution in [0.5, 0.6) is 0 Å². The predicted molar refractivity (Wildman–Crippen MR) is 112 cm³/mol. The highest BCUT2D eigenvalue weighted by atomic mass is 32.2. The zero-order valence-electron chi connectivity index (χ0n) is 16.2. The van der Waals surface area contributed by atoms with E-state index >= 15 is 0 Å². The van der Waals surface area contributed by atoms with Crippen LogP contribution < -0.4 is 5.32 Å². The number of allylic oxidation sites excluding steroid dienone is 2. The van der Waals surface area contributed by atoms with E-state index in [1.165, 1.54) is 16.4 Å². The van der Waals surface area contributed by atoms with E-state index in [1.54, 1.807) is 25.1 Å². The van der Waals surface area contributed by atoms with Gasteiger partial charge in [0.05, 0.1) is 10.6 Å². The molecular weight excluding hydrogens is 403 g/mol.